The van der Waals surface area contributed by atoms with Gasteiger partial charge in [0.1, 0.15) is 29.0 Å². The van der Waals surface area contributed by atoms with E-state index in [1.807, 2.05) is 29.6 Å². The molecule has 1 aromatic carbocycles. The number of halogens is 6. The maximum absolute atomic E-state index is 14.5. The summed E-state index contributed by atoms with van der Waals surface area (Å²) in [6.07, 6.45) is -12.6. The van der Waals surface area contributed by atoms with Crippen LogP contribution in [0.5, 0.6) is 5.75 Å². The topological polar surface area (TPSA) is 173 Å². The summed E-state index contributed by atoms with van der Waals surface area (Å²) < 4.78 is 118. The van der Waals surface area contributed by atoms with Crippen molar-refractivity contribution in [1.29, 1.82) is 0 Å². The van der Waals surface area contributed by atoms with Crippen LogP contribution in [0.4, 0.5) is 31.1 Å². The number of fused-ring (bicyclic) bond motifs is 5. The van der Waals surface area contributed by atoms with Crippen LogP contribution in [0.15, 0.2) is 36.4 Å². The first-order chi connectivity index (χ1) is 27.1. The summed E-state index contributed by atoms with van der Waals surface area (Å²) in [6.45, 7) is 2.93. The zero-order chi connectivity index (χ0) is 42.1. The molecule has 2 aliphatic carbocycles. The number of alkyl halides is 6. The first-order valence-electron chi connectivity index (χ1n) is 19.1. The highest BCUT2D eigenvalue weighted by molar-refractivity contribution is 7.91. The number of amides is 4. The molecule has 4 heterocycles. The Balaban J connectivity index is 1.23. The van der Waals surface area contributed by atoms with E-state index >= 15 is 0 Å². The molecule has 7 rings (SSSR count). The number of nitrogens with one attached hydrogen (secondary N) is 3. The van der Waals surface area contributed by atoms with Gasteiger partial charge in [-0.15, -0.1) is 0 Å². The zero-order valence-electron chi connectivity index (χ0n) is 31.6. The van der Waals surface area contributed by atoms with Crippen LogP contribution in [0.1, 0.15) is 82.4 Å². The minimum absolute atomic E-state index is 0.0382. The normalized spacial score (nSPS) is 29.2. The summed E-state index contributed by atoms with van der Waals surface area (Å²) in [4.78, 5) is 61.4. The molecular formula is C38H43F6N5O8S. The number of rotatable bonds is 5. The number of para-hydroxylation sites is 1. The van der Waals surface area contributed by atoms with Gasteiger partial charge in [-0.25, -0.2) is 18.2 Å². The molecule has 5 aliphatic rings. The van der Waals surface area contributed by atoms with Gasteiger partial charge < -0.3 is 25.0 Å². The maximum atomic E-state index is 14.5. The number of aryl methyl sites for hydroxylation is 2. The van der Waals surface area contributed by atoms with Gasteiger partial charge in [0, 0.05) is 23.3 Å². The average molecular weight is 844 g/mol. The minimum Gasteiger partial charge on any atom is -0.483 e. The highest BCUT2D eigenvalue weighted by Crippen LogP contribution is 2.49. The highest BCUT2D eigenvalue weighted by Gasteiger charge is 2.64. The van der Waals surface area contributed by atoms with E-state index in [2.05, 4.69) is 19.8 Å². The smallest absolute Gasteiger partial charge is 0.434 e. The molecule has 2 saturated carbocycles. The lowest BCUT2D eigenvalue weighted by Gasteiger charge is -2.36. The number of hydrogen-bond acceptors (Lipinski definition) is 9. The lowest BCUT2D eigenvalue weighted by molar-refractivity contribution is -0.307. The van der Waals surface area contributed by atoms with Crippen LogP contribution in [-0.2, 0) is 35.6 Å². The molecule has 1 saturated heterocycles. The number of hydrogen-bond donors (Lipinski definition) is 3. The fraction of sp³-hybridized carbons (Fsp3) is 0.605. The standard InChI is InChI=1S/C38H43F6N5O8S/c1-21-28-24(23-11-8-9-12-25(23)45-21)14-15-35(57-28)19-27-29(50)47-36(32(52)48-58(54,55)34(2)16-17-34)18-22(36)10-6-4-3-5-7-13-26(30(51)49(27)20-35)46-33(53)56-31(37(39,40)41)38(42,43)44/h6,8-12,22,26-27,31H,3-5,7,13-20H2,1-2H3,(H,46,53)(H,47,50)(H,48,52)/b10-6-/t22-,26+,27+,35-,36-/m1/s1. The Bertz CT molecular complexity index is 2150. The van der Waals surface area contributed by atoms with Crippen molar-refractivity contribution in [3.63, 3.8) is 0 Å². The average Bonchev–Trinajstić information content (AvgIpc) is 4.03. The summed E-state index contributed by atoms with van der Waals surface area (Å²) in [5.74, 6) is -3.02. The van der Waals surface area contributed by atoms with Crippen LogP contribution in [0.2, 0.25) is 0 Å². The third-order valence-electron chi connectivity index (χ3n) is 12.0. The molecule has 13 nitrogen and oxygen atoms in total. The Hall–Kier alpha value is -4.62. The Labute approximate surface area is 329 Å². The molecule has 5 atom stereocenters. The van der Waals surface area contributed by atoms with Crippen molar-refractivity contribution in [3.05, 3.63) is 47.7 Å². The third kappa shape index (κ3) is 7.91. The van der Waals surface area contributed by atoms with Crippen molar-refractivity contribution in [3.8, 4) is 5.75 Å². The molecule has 0 bridgehead atoms. The van der Waals surface area contributed by atoms with Gasteiger partial charge in [0.05, 0.1) is 22.5 Å². The fourth-order valence-electron chi connectivity index (χ4n) is 8.25. The van der Waals surface area contributed by atoms with Gasteiger partial charge in [0.15, 0.2) is 0 Å². The zero-order valence-corrected chi connectivity index (χ0v) is 32.4. The second-order valence-electron chi connectivity index (χ2n) is 16.3. The molecule has 58 heavy (non-hydrogen) atoms. The minimum atomic E-state index is -6.01. The summed E-state index contributed by atoms with van der Waals surface area (Å²) in [7, 11) is -4.13. The quantitative estimate of drug-likeness (QED) is 0.271. The number of allylic oxidation sites excluding steroid dienone is 1. The van der Waals surface area contributed by atoms with E-state index in [0.717, 1.165) is 21.4 Å². The van der Waals surface area contributed by atoms with Crippen LogP contribution < -0.4 is 20.1 Å². The first kappa shape index (κ1) is 41.5. The van der Waals surface area contributed by atoms with Crippen molar-refractivity contribution in [2.24, 2.45) is 5.92 Å². The Morgan fingerprint density at radius 2 is 1.74 bits per heavy atom. The lowest BCUT2D eigenvalue weighted by atomic mass is 9.87. The molecule has 0 unspecified atom stereocenters. The summed E-state index contributed by atoms with van der Waals surface area (Å²) in [5.41, 5.74) is -0.903. The van der Waals surface area contributed by atoms with Gasteiger partial charge in [0.25, 0.3) is 12.0 Å². The second-order valence-corrected chi connectivity index (χ2v) is 18.5. The molecule has 2 aromatic rings. The van der Waals surface area contributed by atoms with Crippen LogP contribution in [0.25, 0.3) is 10.9 Å². The van der Waals surface area contributed by atoms with E-state index < -0.39 is 86.2 Å². The number of ether oxygens (including phenoxy) is 2. The van der Waals surface area contributed by atoms with Gasteiger partial charge in [-0.2, -0.15) is 26.3 Å². The molecule has 3 fully saturated rings. The summed E-state index contributed by atoms with van der Waals surface area (Å²) in [6, 6.07) is 4.21. The van der Waals surface area contributed by atoms with Crippen LogP contribution in [-0.4, -0.2) is 95.1 Å². The van der Waals surface area contributed by atoms with Gasteiger partial charge in [0.2, 0.25) is 21.8 Å². The number of carbonyl (C=O) groups excluding carboxylic acids is 4. The molecule has 20 heteroatoms. The van der Waals surface area contributed by atoms with Crippen LogP contribution in [0, 0.1) is 12.8 Å². The van der Waals surface area contributed by atoms with Crippen molar-refractivity contribution in [2.45, 2.75) is 131 Å². The molecule has 1 spiro atoms. The Kier molecular flexibility index (Phi) is 10.4. The van der Waals surface area contributed by atoms with Crippen molar-refractivity contribution in [1.82, 2.24) is 25.2 Å². The molecule has 4 amide bonds. The number of aromatic nitrogens is 1. The largest absolute Gasteiger partial charge is 0.483 e. The monoisotopic (exact) mass is 843 g/mol. The number of benzene rings is 1. The Morgan fingerprint density at radius 3 is 2.43 bits per heavy atom. The van der Waals surface area contributed by atoms with E-state index in [0.29, 0.717) is 50.0 Å². The third-order valence-corrected chi connectivity index (χ3v) is 14.2. The van der Waals surface area contributed by atoms with Gasteiger partial charge in [-0.05, 0) is 71.3 Å². The number of alkyl carbamates (subject to hydrolysis) is 1. The SMILES string of the molecule is Cc1nc2ccccc2c2c1O[C@]1(CC2)C[C@H]2C(=O)N[C@]3(C(=O)NS(=O)(=O)C4(C)CC4)C[C@H]3/C=C\CCCCC[C@H](NC(=O)OC(C(F)(F)F)C(F)(F)F)C(=O)N2C1. The lowest BCUT2D eigenvalue weighted by Crippen LogP contribution is -2.59. The molecule has 3 N–H and O–H groups in total. The number of carbonyl (C=O) groups is 4. The van der Waals surface area contributed by atoms with Crippen molar-refractivity contribution in [2.75, 3.05) is 6.54 Å². The van der Waals surface area contributed by atoms with Gasteiger partial charge in [-0.1, -0.05) is 43.2 Å². The molecule has 3 aliphatic heterocycles. The summed E-state index contributed by atoms with van der Waals surface area (Å²) in [5, 5.41) is 5.46. The van der Waals surface area contributed by atoms with Crippen LogP contribution >= 0.6 is 0 Å². The van der Waals surface area contributed by atoms with E-state index in [1.54, 1.807) is 19.1 Å². The van der Waals surface area contributed by atoms with Crippen LogP contribution in [0.3, 0.4) is 0 Å². The van der Waals surface area contributed by atoms with Crippen molar-refractivity contribution >= 4 is 44.7 Å². The number of pyridine rings is 1. The first-order valence-corrected chi connectivity index (χ1v) is 20.6. The molecule has 1 aromatic heterocycles. The molecule has 0 radical (unpaired) electrons. The van der Waals surface area contributed by atoms with E-state index in [1.165, 1.54) is 6.92 Å². The Morgan fingerprint density at radius 1 is 1.03 bits per heavy atom. The van der Waals surface area contributed by atoms with Gasteiger partial charge >= 0.3 is 18.4 Å². The second kappa shape index (κ2) is 14.6. The fourth-order valence-corrected chi connectivity index (χ4v) is 9.56. The van der Waals surface area contributed by atoms with Crippen molar-refractivity contribution < 1.29 is 63.4 Å². The van der Waals surface area contributed by atoms with Gasteiger partial charge in [-0.3, -0.25) is 19.1 Å². The van der Waals surface area contributed by atoms with E-state index in [4.69, 9.17) is 4.74 Å². The van der Waals surface area contributed by atoms with E-state index in [-0.39, 0.29) is 38.6 Å². The molecule has 316 valence electrons. The summed E-state index contributed by atoms with van der Waals surface area (Å²) >= 11 is 0. The number of nitrogens with zero attached hydrogens (tertiary/aromatic N) is 2. The predicted molar refractivity (Wildman–Crippen MR) is 193 cm³/mol. The maximum Gasteiger partial charge on any atom is 0.434 e. The predicted octanol–water partition coefficient (Wildman–Crippen LogP) is 5.19. The number of sulfonamides is 1. The van der Waals surface area contributed by atoms with E-state index in [9.17, 15) is 53.9 Å². The molecular weight excluding hydrogens is 801 g/mol. The highest BCUT2D eigenvalue weighted by atomic mass is 32.2.